The second-order valence-electron chi connectivity index (χ2n) is 4.95. The molecule has 114 valence electrons. The van der Waals surface area contributed by atoms with Gasteiger partial charge in [-0.15, -0.1) is 0 Å². The van der Waals surface area contributed by atoms with Crippen LogP contribution in [0.2, 0.25) is 5.02 Å². The molecule has 21 heavy (non-hydrogen) atoms. The minimum Gasteiger partial charge on any atom is -0.493 e. The van der Waals surface area contributed by atoms with Crippen molar-refractivity contribution >= 4 is 23.4 Å². The van der Waals surface area contributed by atoms with Crippen LogP contribution in [0.5, 0.6) is 5.75 Å². The van der Waals surface area contributed by atoms with E-state index in [1.54, 1.807) is 25.1 Å². The van der Waals surface area contributed by atoms with E-state index in [0.717, 1.165) is 0 Å². The lowest BCUT2D eigenvalue weighted by Crippen LogP contribution is -2.46. The Morgan fingerprint density at radius 2 is 2.24 bits per heavy atom. The third-order valence-electron chi connectivity index (χ3n) is 3.47. The number of carbonyl (C=O) groups is 2. The molecule has 2 amide bonds. The Balaban J connectivity index is 2.24. The zero-order valence-corrected chi connectivity index (χ0v) is 12.4. The van der Waals surface area contributed by atoms with Crippen molar-refractivity contribution in [3.63, 3.8) is 0 Å². The van der Waals surface area contributed by atoms with Crippen LogP contribution in [0, 0.1) is 0 Å². The molecule has 1 aliphatic rings. The standard InChI is InChI=1S/C14H17ClN2O4/c1-2-21-11-7-9(15)3-4-10(11)12(18)17-6-5-14(20,8-17)13(16)19/h3-4,7,20H,2,5-6,8H2,1H3,(H2,16,19). The largest absolute Gasteiger partial charge is 0.493 e. The van der Waals surface area contributed by atoms with E-state index in [4.69, 9.17) is 22.1 Å². The summed E-state index contributed by atoms with van der Waals surface area (Å²) in [5.74, 6) is -0.768. The van der Waals surface area contributed by atoms with Crippen LogP contribution in [0.25, 0.3) is 0 Å². The number of ether oxygens (including phenoxy) is 1. The summed E-state index contributed by atoms with van der Waals surface area (Å²) in [7, 11) is 0. The predicted octanol–water partition coefficient (Wildman–Crippen LogP) is 0.801. The number of halogens is 1. The SMILES string of the molecule is CCOc1cc(Cl)ccc1C(=O)N1CCC(O)(C(N)=O)C1. The molecule has 7 heteroatoms. The summed E-state index contributed by atoms with van der Waals surface area (Å²) >= 11 is 5.90. The van der Waals surface area contributed by atoms with Crippen LogP contribution < -0.4 is 10.5 Å². The fourth-order valence-electron chi connectivity index (χ4n) is 2.29. The van der Waals surface area contributed by atoms with Gasteiger partial charge in [0.1, 0.15) is 5.75 Å². The van der Waals surface area contributed by atoms with Gasteiger partial charge in [0.15, 0.2) is 5.60 Å². The number of nitrogens with zero attached hydrogens (tertiary/aromatic N) is 1. The molecule has 3 N–H and O–H groups in total. The molecule has 1 aromatic rings. The van der Waals surface area contributed by atoms with Crippen LogP contribution in [0.1, 0.15) is 23.7 Å². The lowest BCUT2D eigenvalue weighted by Gasteiger charge is -2.21. The van der Waals surface area contributed by atoms with Gasteiger partial charge < -0.3 is 20.5 Å². The van der Waals surface area contributed by atoms with Crippen LogP contribution in [0.4, 0.5) is 0 Å². The van der Waals surface area contributed by atoms with Crippen molar-refractivity contribution in [1.82, 2.24) is 4.90 Å². The second kappa shape index (κ2) is 5.91. The summed E-state index contributed by atoms with van der Waals surface area (Å²) in [5, 5.41) is 10.5. The Labute approximate surface area is 127 Å². The Morgan fingerprint density at radius 3 is 2.81 bits per heavy atom. The molecule has 2 rings (SSSR count). The number of hydrogen-bond acceptors (Lipinski definition) is 4. The monoisotopic (exact) mass is 312 g/mol. The van der Waals surface area contributed by atoms with Crippen molar-refractivity contribution in [2.45, 2.75) is 18.9 Å². The molecule has 1 atom stereocenters. The lowest BCUT2D eigenvalue weighted by molar-refractivity contribution is -0.134. The first-order valence-corrected chi connectivity index (χ1v) is 6.99. The van der Waals surface area contributed by atoms with E-state index in [1.807, 2.05) is 0 Å². The van der Waals surface area contributed by atoms with E-state index in [1.165, 1.54) is 4.90 Å². The molecule has 1 unspecified atom stereocenters. The summed E-state index contributed by atoms with van der Waals surface area (Å²) < 4.78 is 5.41. The van der Waals surface area contributed by atoms with Gasteiger partial charge in [-0.05, 0) is 25.1 Å². The van der Waals surface area contributed by atoms with E-state index >= 15 is 0 Å². The molecule has 0 aliphatic carbocycles. The van der Waals surface area contributed by atoms with E-state index < -0.39 is 11.5 Å². The minimum absolute atomic E-state index is 0.116. The van der Waals surface area contributed by atoms with Crippen LogP contribution in [-0.2, 0) is 4.79 Å². The first-order valence-electron chi connectivity index (χ1n) is 6.61. The molecule has 6 nitrogen and oxygen atoms in total. The quantitative estimate of drug-likeness (QED) is 0.860. The van der Waals surface area contributed by atoms with Crippen LogP contribution in [-0.4, -0.2) is 47.1 Å². The highest BCUT2D eigenvalue weighted by Gasteiger charge is 2.43. The summed E-state index contributed by atoms with van der Waals surface area (Å²) in [6, 6.07) is 4.72. The number of aliphatic hydroxyl groups is 1. The smallest absolute Gasteiger partial charge is 0.257 e. The van der Waals surface area contributed by atoms with Crippen molar-refractivity contribution in [2.24, 2.45) is 5.73 Å². The highest BCUT2D eigenvalue weighted by Crippen LogP contribution is 2.28. The summed E-state index contributed by atoms with van der Waals surface area (Å²) in [4.78, 5) is 25.1. The molecular weight excluding hydrogens is 296 g/mol. The highest BCUT2D eigenvalue weighted by atomic mass is 35.5. The predicted molar refractivity (Wildman–Crippen MR) is 77.3 cm³/mol. The number of amides is 2. The number of hydrogen-bond donors (Lipinski definition) is 2. The molecule has 0 spiro atoms. The van der Waals surface area contributed by atoms with Crippen LogP contribution in [0.15, 0.2) is 18.2 Å². The Hall–Kier alpha value is -1.79. The minimum atomic E-state index is -1.66. The average Bonchev–Trinajstić information content (AvgIpc) is 2.83. The molecule has 0 radical (unpaired) electrons. The maximum atomic E-state index is 12.5. The number of nitrogens with two attached hydrogens (primary N) is 1. The van der Waals surface area contributed by atoms with Gasteiger partial charge in [0.2, 0.25) is 0 Å². The zero-order chi connectivity index (χ0) is 15.6. The molecule has 1 heterocycles. The summed E-state index contributed by atoms with van der Waals surface area (Å²) in [6.07, 6.45) is 0.131. The molecule has 0 saturated carbocycles. The Morgan fingerprint density at radius 1 is 1.52 bits per heavy atom. The molecule has 1 aliphatic heterocycles. The fraction of sp³-hybridized carbons (Fsp3) is 0.429. The van der Waals surface area contributed by atoms with Gasteiger partial charge >= 0.3 is 0 Å². The molecule has 0 aromatic heterocycles. The molecule has 0 bridgehead atoms. The molecular formula is C14H17ClN2O4. The second-order valence-corrected chi connectivity index (χ2v) is 5.38. The van der Waals surface area contributed by atoms with E-state index in [-0.39, 0.29) is 25.4 Å². The van der Waals surface area contributed by atoms with Gasteiger partial charge in [0.05, 0.1) is 18.7 Å². The van der Waals surface area contributed by atoms with E-state index in [2.05, 4.69) is 0 Å². The van der Waals surface area contributed by atoms with Gasteiger partial charge in [-0.2, -0.15) is 0 Å². The van der Waals surface area contributed by atoms with E-state index in [0.29, 0.717) is 22.9 Å². The average molecular weight is 313 g/mol. The van der Waals surface area contributed by atoms with Gasteiger partial charge in [-0.1, -0.05) is 11.6 Å². The molecule has 1 saturated heterocycles. The maximum absolute atomic E-state index is 12.5. The van der Waals surface area contributed by atoms with Gasteiger partial charge in [0.25, 0.3) is 11.8 Å². The lowest BCUT2D eigenvalue weighted by atomic mass is 10.0. The molecule has 1 fully saturated rings. The first kappa shape index (κ1) is 15.6. The number of primary amides is 1. The summed E-state index contributed by atoms with van der Waals surface area (Å²) in [5.41, 5.74) is 3.85. The number of β-amino-alcohol motifs (C(OH)–C–C–N with tert-alkyl or cyclic N) is 1. The van der Waals surface area contributed by atoms with Crippen LogP contribution >= 0.6 is 11.6 Å². The third-order valence-corrected chi connectivity index (χ3v) is 3.70. The summed E-state index contributed by atoms with van der Waals surface area (Å²) in [6.45, 7) is 2.34. The zero-order valence-electron chi connectivity index (χ0n) is 11.6. The van der Waals surface area contributed by atoms with E-state index in [9.17, 15) is 14.7 Å². The number of rotatable bonds is 4. The van der Waals surface area contributed by atoms with Crippen molar-refractivity contribution in [2.75, 3.05) is 19.7 Å². The topological polar surface area (TPSA) is 92.9 Å². The van der Waals surface area contributed by atoms with Crippen molar-refractivity contribution < 1.29 is 19.4 Å². The number of carbonyl (C=O) groups excluding carboxylic acids is 2. The maximum Gasteiger partial charge on any atom is 0.257 e. The van der Waals surface area contributed by atoms with Gasteiger partial charge in [-0.25, -0.2) is 0 Å². The Kier molecular flexibility index (Phi) is 4.39. The fourth-order valence-corrected chi connectivity index (χ4v) is 2.45. The van der Waals surface area contributed by atoms with Crippen molar-refractivity contribution in [3.8, 4) is 5.75 Å². The van der Waals surface area contributed by atoms with Crippen molar-refractivity contribution in [1.29, 1.82) is 0 Å². The van der Waals surface area contributed by atoms with Gasteiger partial charge in [-0.3, -0.25) is 9.59 Å². The first-order chi connectivity index (χ1) is 9.87. The van der Waals surface area contributed by atoms with Gasteiger partial charge in [0, 0.05) is 18.0 Å². The molecule has 1 aromatic carbocycles. The highest BCUT2D eigenvalue weighted by molar-refractivity contribution is 6.30. The number of likely N-dealkylation sites (tertiary alicyclic amines) is 1. The normalized spacial score (nSPS) is 21.4. The number of benzene rings is 1. The van der Waals surface area contributed by atoms with Crippen LogP contribution in [0.3, 0.4) is 0 Å². The Bertz CT molecular complexity index is 578. The third kappa shape index (κ3) is 3.11. The van der Waals surface area contributed by atoms with Crippen molar-refractivity contribution in [3.05, 3.63) is 28.8 Å².